The molecule has 0 aliphatic carbocycles. The second-order valence-corrected chi connectivity index (χ2v) is 9.34. The topological polar surface area (TPSA) is 37.4 Å². The Morgan fingerprint density at radius 2 is 1.96 bits per heavy atom. The molecular formula is C18H24BrNO2S. The first-order chi connectivity index (χ1) is 10.6. The Balaban J connectivity index is 2.46. The van der Waals surface area contributed by atoms with Crippen molar-refractivity contribution in [1.29, 1.82) is 0 Å². The van der Waals surface area contributed by atoms with Gasteiger partial charge in [-0.15, -0.1) is 11.3 Å². The average Bonchev–Trinajstić information content (AvgIpc) is 2.90. The molecule has 0 spiro atoms. The van der Waals surface area contributed by atoms with E-state index in [0.717, 1.165) is 21.5 Å². The summed E-state index contributed by atoms with van der Waals surface area (Å²) in [6, 6.07) is 2.02. The van der Waals surface area contributed by atoms with Crippen LogP contribution in [0.5, 0.6) is 0 Å². The van der Waals surface area contributed by atoms with Crippen molar-refractivity contribution in [2.24, 2.45) is 10.8 Å². The maximum Gasteiger partial charge on any atom is 0.233 e. The van der Waals surface area contributed by atoms with Gasteiger partial charge < -0.3 is 4.90 Å². The van der Waals surface area contributed by atoms with Crippen LogP contribution in [0, 0.1) is 10.8 Å². The first-order valence-corrected chi connectivity index (χ1v) is 9.59. The second-order valence-electron chi connectivity index (χ2n) is 7.11. The van der Waals surface area contributed by atoms with Gasteiger partial charge in [0.1, 0.15) is 0 Å². The lowest BCUT2D eigenvalue weighted by atomic mass is 9.68. The van der Waals surface area contributed by atoms with Crippen molar-refractivity contribution in [2.75, 3.05) is 0 Å². The highest BCUT2D eigenvalue weighted by Gasteiger charge is 2.56. The van der Waals surface area contributed by atoms with Crippen LogP contribution in [-0.4, -0.2) is 16.6 Å². The minimum atomic E-state index is -0.534. The van der Waals surface area contributed by atoms with Gasteiger partial charge in [0.15, 0.2) is 5.78 Å². The fourth-order valence-electron chi connectivity index (χ4n) is 2.86. The van der Waals surface area contributed by atoms with E-state index < -0.39 is 5.41 Å². The largest absolute Gasteiger partial charge is 0.311 e. The standard InChI is InChI=1S/C18H24BrNO2S/c1-6-7-13(21)10-14-17(2,3)18(4,5)16(22)20(14)11-12-8-9-23-15(12)19/h8-10H,6-7,11H2,1-5H3/b14-10+. The van der Waals surface area contributed by atoms with Crippen LogP contribution in [0.25, 0.3) is 0 Å². The van der Waals surface area contributed by atoms with E-state index in [1.165, 1.54) is 0 Å². The zero-order valence-corrected chi connectivity index (χ0v) is 16.8. The molecule has 1 aliphatic heterocycles. The lowest BCUT2D eigenvalue weighted by Crippen LogP contribution is -2.34. The summed E-state index contributed by atoms with van der Waals surface area (Å²) in [6.45, 7) is 10.5. The molecule has 1 aliphatic rings. The molecule has 5 heteroatoms. The zero-order chi connectivity index (χ0) is 17.4. The summed E-state index contributed by atoms with van der Waals surface area (Å²) < 4.78 is 1.03. The number of rotatable bonds is 5. The summed E-state index contributed by atoms with van der Waals surface area (Å²) in [6.07, 6.45) is 3.02. The summed E-state index contributed by atoms with van der Waals surface area (Å²) in [5, 5.41) is 2.00. The highest BCUT2D eigenvalue weighted by Crippen LogP contribution is 2.53. The first kappa shape index (κ1) is 18.4. The monoisotopic (exact) mass is 397 g/mol. The molecule has 2 heterocycles. The lowest BCUT2D eigenvalue weighted by Gasteiger charge is -2.31. The second kappa shape index (κ2) is 6.52. The third kappa shape index (κ3) is 3.18. The molecule has 0 radical (unpaired) electrons. The van der Waals surface area contributed by atoms with E-state index in [2.05, 4.69) is 29.8 Å². The predicted molar refractivity (Wildman–Crippen MR) is 98.1 cm³/mol. The predicted octanol–water partition coefficient (Wildman–Crippen LogP) is 5.16. The highest BCUT2D eigenvalue weighted by molar-refractivity contribution is 9.11. The van der Waals surface area contributed by atoms with Gasteiger partial charge in [0.05, 0.1) is 15.7 Å². The Hall–Kier alpha value is -0.940. The van der Waals surface area contributed by atoms with Crippen LogP contribution in [0.4, 0.5) is 0 Å². The fraction of sp³-hybridized carbons (Fsp3) is 0.556. The van der Waals surface area contributed by atoms with Crippen LogP contribution in [0.2, 0.25) is 0 Å². The number of halogens is 1. The van der Waals surface area contributed by atoms with Crippen LogP contribution in [-0.2, 0) is 16.1 Å². The van der Waals surface area contributed by atoms with Gasteiger partial charge in [-0.25, -0.2) is 0 Å². The minimum absolute atomic E-state index is 0.0798. The number of carbonyl (C=O) groups is 2. The number of likely N-dealkylation sites (tertiary alicyclic amines) is 1. The lowest BCUT2D eigenvalue weighted by molar-refractivity contribution is -0.136. The van der Waals surface area contributed by atoms with Crippen molar-refractivity contribution in [1.82, 2.24) is 4.90 Å². The summed E-state index contributed by atoms with van der Waals surface area (Å²) in [5.74, 6) is 0.173. The van der Waals surface area contributed by atoms with E-state index in [4.69, 9.17) is 0 Å². The Morgan fingerprint density at radius 1 is 1.30 bits per heavy atom. The van der Waals surface area contributed by atoms with Crippen LogP contribution in [0.15, 0.2) is 27.0 Å². The summed E-state index contributed by atoms with van der Waals surface area (Å²) in [7, 11) is 0. The van der Waals surface area contributed by atoms with Crippen molar-refractivity contribution in [3.05, 3.63) is 32.6 Å². The molecular weight excluding hydrogens is 374 g/mol. The normalized spacial score (nSPS) is 21.2. The number of hydrogen-bond acceptors (Lipinski definition) is 3. The number of nitrogens with zero attached hydrogens (tertiary/aromatic N) is 1. The van der Waals surface area contributed by atoms with E-state index in [1.54, 1.807) is 22.3 Å². The molecule has 2 rings (SSSR count). The van der Waals surface area contributed by atoms with Gasteiger partial charge >= 0.3 is 0 Å². The molecule has 0 atom stereocenters. The van der Waals surface area contributed by atoms with E-state index in [9.17, 15) is 9.59 Å². The summed E-state index contributed by atoms with van der Waals surface area (Å²) >= 11 is 5.14. The molecule has 1 amide bonds. The van der Waals surface area contributed by atoms with Gasteiger partial charge in [0, 0.05) is 23.6 Å². The van der Waals surface area contributed by atoms with Gasteiger partial charge in [0.25, 0.3) is 0 Å². The van der Waals surface area contributed by atoms with Crippen molar-refractivity contribution < 1.29 is 9.59 Å². The molecule has 0 bridgehead atoms. The van der Waals surface area contributed by atoms with E-state index in [0.29, 0.717) is 13.0 Å². The van der Waals surface area contributed by atoms with E-state index in [-0.39, 0.29) is 17.1 Å². The molecule has 0 aromatic carbocycles. The minimum Gasteiger partial charge on any atom is -0.311 e. The molecule has 0 unspecified atom stereocenters. The molecule has 0 N–H and O–H groups in total. The molecule has 23 heavy (non-hydrogen) atoms. The van der Waals surface area contributed by atoms with Crippen LogP contribution in [0.1, 0.15) is 53.0 Å². The zero-order valence-electron chi connectivity index (χ0n) is 14.4. The highest BCUT2D eigenvalue weighted by atomic mass is 79.9. The van der Waals surface area contributed by atoms with Gasteiger partial charge in [-0.2, -0.15) is 0 Å². The molecule has 1 fully saturated rings. The fourth-order valence-corrected chi connectivity index (χ4v) is 4.08. The smallest absolute Gasteiger partial charge is 0.233 e. The van der Waals surface area contributed by atoms with E-state index >= 15 is 0 Å². The van der Waals surface area contributed by atoms with Crippen molar-refractivity contribution in [3.63, 3.8) is 0 Å². The Morgan fingerprint density at radius 3 is 2.48 bits per heavy atom. The summed E-state index contributed by atoms with van der Waals surface area (Å²) in [4.78, 5) is 27.0. The molecule has 3 nitrogen and oxygen atoms in total. The van der Waals surface area contributed by atoms with Crippen LogP contribution in [0.3, 0.4) is 0 Å². The third-order valence-corrected chi connectivity index (χ3v) is 6.90. The van der Waals surface area contributed by atoms with E-state index in [1.807, 2.05) is 32.2 Å². The SMILES string of the molecule is CCCC(=O)/C=C1/N(Cc2ccsc2Br)C(=O)C(C)(C)C1(C)C. The van der Waals surface area contributed by atoms with Crippen LogP contribution >= 0.6 is 27.3 Å². The van der Waals surface area contributed by atoms with Gasteiger partial charge in [0.2, 0.25) is 5.91 Å². The Bertz CT molecular complexity index is 658. The number of carbonyl (C=O) groups excluding carboxylic acids is 2. The maximum atomic E-state index is 13.0. The Labute approximate surface area is 150 Å². The first-order valence-electron chi connectivity index (χ1n) is 7.91. The third-order valence-electron chi connectivity index (χ3n) is 5.09. The van der Waals surface area contributed by atoms with Crippen molar-refractivity contribution in [2.45, 2.75) is 54.0 Å². The average molecular weight is 398 g/mol. The number of thiophene rings is 1. The molecule has 126 valence electrons. The molecule has 1 aromatic heterocycles. The quantitative estimate of drug-likeness (QED) is 0.643. The molecule has 0 saturated carbocycles. The number of ketones is 1. The van der Waals surface area contributed by atoms with Gasteiger partial charge in [-0.3, -0.25) is 9.59 Å². The maximum absolute atomic E-state index is 13.0. The Kier molecular flexibility index (Phi) is 5.21. The summed E-state index contributed by atoms with van der Waals surface area (Å²) in [5.41, 5.74) is 0.999. The number of amides is 1. The molecule has 1 saturated heterocycles. The number of hydrogen-bond donors (Lipinski definition) is 0. The number of allylic oxidation sites excluding steroid dienone is 2. The molecule has 1 aromatic rings. The van der Waals surface area contributed by atoms with Crippen molar-refractivity contribution in [3.8, 4) is 0 Å². The van der Waals surface area contributed by atoms with Gasteiger partial charge in [-0.1, -0.05) is 34.6 Å². The van der Waals surface area contributed by atoms with Gasteiger partial charge in [-0.05, 0) is 39.4 Å². The van der Waals surface area contributed by atoms with Crippen LogP contribution < -0.4 is 0 Å². The van der Waals surface area contributed by atoms with Crippen molar-refractivity contribution >= 4 is 39.0 Å².